The van der Waals surface area contributed by atoms with E-state index in [4.69, 9.17) is 5.73 Å². The van der Waals surface area contributed by atoms with Crippen LogP contribution in [0.25, 0.3) is 5.69 Å². The van der Waals surface area contributed by atoms with E-state index in [1.165, 1.54) is 0 Å². The second-order valence-electron chi connectivity index (χ2n) is 6.56. The Morgan fingerprint density at radius 1 is 1.19 bits per heavy atom. The minimum atomic E-state index is -0.646. The van der Waals surface area contributed by atoms with Crippen LogP contribution >= 0.6 is 0 Å². The van der Waals surface area contributed by atoms with Crippen LogP contribution in [0.15, 0.2) is 29.1 Å². The molecule has 0 fully saturated rings. The molecule has 0 radical (unpaired) electrons. The van der Waals surface area contributed by atoms with Gasteiger partial charge in [-0.2, -0.15) is 0 Å². The maximum absolute atomic E-state index is 12.6. The number of nitrogens with zero attached hydrogens (tertiary/aromatic N) is 2. The fourth-order valence-electron chi connectivity index (χ4n) is 2.94. The smallest absolute Gasteiger partial charge is 0.262 e. The molecule has 140 valence electrons. The number of benzene rings is 1. The number of hydrogen-bond acceptors (Lipinski definition) is 6. The van der Waals surface area contributed by atoms with Crippen molar-refractivity contribution in [1.82, 2.24) is 14.8 Å². The third kappa shape index (κ3) is 3.32. The summed E-state index contributed by atoms with van der Waals surface area (Å²) >= 11 is 0. The van der Waals surface area contributed by atoms with Gasteiger partial charge >= 0.3 is 0 Å². The molecule has 0 bridgehead atoms. The van der Waals surface area contributed by atoms with Gasteiger partial charge in [-0.15, -0.1) is 0 Å². The molecule has 0 saturated carbocycles. The summed E-state index contributed by atoms with van der Waals surface area (Å²) in [6.45, 7) is 1.97. The molecule has 1 aromatic carbocycles. The van der Waals surface area contributed by atoms with Gasteiger partial charge in [0.25, 0.3) is 17.4 Å². The van der Waals surface area contributed by atoms with Crippen LogP contribution in [-0.4, -0.2) is 47.8 Å². The zero-order valence-electron chi connectivity index (χ0n) is 15.1. The van der Waals surface area contributed by atoms with Crippen molar-refractivity contribution in [2.24, 2.45) is 0 Å². The number of carbonyl (C=O) groups is 3. The Morgan fingerprint density at radius 2 is 1.89 bits per heavy atom. The Kier molecular flexibility index (Phi) is 4.54. The van der Waals surface area contributed by atoms with E-state index in [0.29, 0.717) is 16.9 Å². The third-order valence-corrected chi connectivity index (χ3v) is 4.15. The number of amides is 3. The number of pyridine rings is 1. The van der Waals surface area contributed by atoms with Crippen LogP contribution in [0.4, 0.5) is 11.5 Å². The molecule has 3 rings (SSSR count). The van der Waals surface area contributed by atoms with Crippen LogP contribution < -0.4 is 21.9 Å². The first-order chi connectivity index (χ1) is 12.7. The summed E-state index contributed by atoms with van der Waals surface area (Å²) in [5.41, 5.74) is 7.06. The molecule has 27 heavy (non-hydrogen) atoms. The number of rotatable bonds is 4. The molecular weight excluding hydrogens is 350 g/mol. The van der Waals surface area contributed by atoms with Crippen molar-refractivity contribution in [1.29, 1.82) is 0 Å². The van der Waals surface area contributed by atoms with Crippen LogP contribution in [0.2, 0.25) is 0 Å². The van der Waals surface area contributed by atoms with Crippen molar-refractivity contribution in [3.05, 3.63) is 51.3 Å². The number of likely N-dealkylation sites (N-methyl/N-ethyl adjacent to an activating group) is 1. The Bertz CT molecular complexity index is 1040. The summed E-state index contributed by atoms with van der Waals surface area (Å²) in [5.74, 6) is -1.63. The minimum Gasteiger partial charge on any atom is -0.384 e. The fraction of sp³-hybridized carbons (Fsp3) is 0.222. The van der Waals surface area contributed by atoms with Gasteiger partial charge in [-0.1, -0.05) is 6.07 Å². The van der Waals surface area contributed by atoms with Gasteiger partial charge < -0.3 is 16.0 Å². The predicted octanol–water partition coefficient (Wildman–Crippen LogP) is 0.112. The van der Waals surface area contributed by atoms with E-state index in [-0.39, 0.29) is 29.4 Å². The summed E-state index contributed by atoms with van der Waals surface area (Å²) in [4.78, 5) is 50.1. The minimum absolute atomic E-state index is 0.0268. The van der Waals surface area contributed by atoms with E-state index in [9.17, 15) is 19.2 Å². The van der Waals surface area contributed by atoms with Gasteiger partial charge in [0.2, 0.25) is 5.91 Å². The van der Waals surface area contributed by atoms with Crippen LogP contribution in [-0.2, 0) is 4.79 Å². The zero-order chi connectivity index (χ0) is 19.9. The van der Waals surface area contributed by atoms with E-state index in [1.54, 1.807) is 44.1 Å². The molecule has 2 aromatic rings. The number of nitrogen functional groups attached to an aromatic ring is 1. The highest BCUT2D eigenvalue weighted by Crippen LogP contribution is 2.26. The number of nitrogens with one attached hydrogen (secondary N) is 2. The maximum Gasteiger partial charge on any atom is 0.262 e. The van der Waals surface area contributed by atoms with Crippen molar-refractivity contribution >= 4 is 29.2 Å². The van der Waals surface area contributed by atoms with Crippen molar-refractivity contribution in [2.75, 3.05) is 31.7 Å². The van der Waals surface area contributed by atoms with Crippen molar-refractivity contribution in [2.45, 2.75) is 6.92 Å². The van der Waals surface area contributed by atoms with Gasteiger partial charge in [-0.05, 0) is 38.7 Å². The molecule has 0 aliphatic carbocycles. The number of aromatic nitrogens is 1. The standard InChI is InChI=1S/C18H19N5O4/c1-9-4-5-10(20-13(24)8-22(2)3)6-12(9)23-14(25)7-11-15(16(23)19)18(27)21-17(11)26/h4-7H,8,19H2,1-3H3,(H,20,24)(H,21,26,27). The molecule has 2 heterocycles. The zero-order valence-corrected chi connectivity index (χ0v) is 15.1. The number of carbonyl (C=O) groups excluding carboxylic acids is 3. The van der Waals surface area contributed by atoms with Gasteiger partial charge in [-0.25, -0.2) is 0 Å². The highest BCUT2D eigenvalue weighted by molar-refractivity contribution is 6.23. The molecule has 1 aliphatic rings. The Balaban J connectivity index is 2.10. The lowest BCUT2D eigenvalue weighted by atomic mass is 10.1. The van der Waals surface area contributed by atoms with E-state index in [1.807, 2.05) is 0 Å². The average Bonchev–Trinajstić information content (AvgIpc) is 2.83. The molecule has 4 N–H and O–H groups in total. The van der Waals surface area contributed by atoms with Crippen LogP contribution in [0, 0.1) is 6.92 Å². The van der Waals surface area contributed by atoms with Crippen molar-refractivity contribution in [3.8, 4) is 5.69 Å². The van der Waals surface area contributed by atoms with Crippen LogP contribution in [0.5, 0.6) is 0 Å². The summed E-state index contributed by atoms with van der Waals surface area (Å²) < 4.78 is 1.16. The Morgan fingerprint density at radius 3 is 2.56 bits per heavy atom. The number of fused-ring (bicyclic) bond motifs is 1. The maximum atomic E-state index is 12.6. The second kappa shape index (κ2) is 6.69. The highest BCUT2D eigenvalue weighted by Gasteiger charge is 2.32. The van der Waals surface area contributed by atoms with Crippen LogP contribution in [0.3, 0.4) is 0 Å². The molecule has 3 amide bonds. The number of imide groups is 1. The molecule has 0 spiro atoms. The van der Waals surface area contributed by atoms with E-state index in [0.717, 1.165) is 10.6 Å². The van der Waals surface area contributed by atoms with Gasteiger partial charge in [0.15, 0.2) is 0 Å². The predicted molar refractivity (Wildman–Crippen MR) is 100 cm³/mol. The molecule has 1 aromatic heterocycles. The molecule has 1 aliphatic heterocycles. The highest BCUT2D eigenvalue weighted by atomic mass is 16.2. The molecule has 0 saturated heterocycles. The largest absolute Gasteiger partial charge is 0.384 e. The second-order valence-corrected chi connectivity index (χ2v) is 6.56. The lowest BCUT2D eigenvalue weighted by Crippen LogP contribution is -2.27. The topological polar surface area (TPSA) is 127 Å². The van der Waals surface area contributed by atoms with E-state index < -0.39 is 17.4 Å². The van der Waals surface area contributed by atoms with Gasteiger partial charge in [0, 0.05) is 11.8 Å². The Labute approximate surface area is 154 Å². The normalized spacial score (nSPS) is 12.9. The number of anilines is 2. The SMILES string of the molecule is Cc1ccc(NC(=O)CN(C)C)cc1-n1c(N)c2c(cc1=O)C(=O)NC2=O. The lowest BCUT2D eigenvalue weighted by Gasteiger charge is -2.16. The quantitative estimate of drug-likeness (QED) is 0.657. The fourth-order valence-corrected chi connectivity index (χ4v) is 2.94. The molecule has 0 atom stereocenters. The number of aryl methyl sites for hydroxylation is 1. The first kappa shape index (κ1) is 18.3. The molecule has 0 unspecified atom stereocenters. The molecule has 9 heteroatoms. The lowest BCUT2D eigenvalue weighted by molar-refractivity contribution is -0.116. The third-order valence-electron chi connectivity index (χ3n) is 4.15. The van der Waals surface area contributed by atoms with E-state index >= 15 is 0 Å². The molecule has 9 nitrogen and oxygen atoms in total. The number of nitrogens with two attached hydrogens (primary N) is 1. The van der Waals surface area contributed by atoms with Crippen molar-refractivity contribution < 1.29 is 14.4 Å². The molecular formula is C18H19N5O4. The summed E-state index contributed by atoms with van der Waals surface area (Å²) in [6, 6.07) is 6.12. The first-order valence-corrected chi connectivity index (χ1v) is 8.16. The van der Waals surface area contributed by atoms with Gasteiger partial charge in [0.05, 0.1) is 23.4 Å². The van der Waals surface area contributed by atoms with Gasteiger partial charge in [0.1, 0.15) is 5.82 Å². The monoisotopic (exact) mass is 369 g/mol. The van der Waals surface area contributed by atoms with E-state index in [2.05, 4.69) is 10.6 Å². The number of hydrogen-bond donors (Lipinski definition) is 3. The first-order valence-electron chi connectivity index (χ1n) is 8.16. The summed E-state index contributed by atoms with van der Waals surface area (Å²) in [5, 5.41) is 4.88. The Hall–Kier alpha value is -3.46. The van der Waals surface area contributed by atoms with Gasteiger partial charge in [-0.3, -0.25) is 29.1 Å². The summed E-state index contributed by atoms with van der Waals surface area (Å²) in [6.07, 6.45) is 0. The van der Waals surface area contributed by atoms with Crippen LogP contribution in [0.1, 0.15) is 26.3 Å². The summed E-state index contributed by atoms with van der Waals surface area (Å²) in [7, 11) is 3.55. The average molecular weight is 369 g/mol. The van der Waals surface area contributed by atoms with Crippen molar-refractivity contribution in [3.63, 3.8) is 0 Å².